The third-order valence-electron chi connectivity index (χ3n) is 2.20. The zero-order valence-electron chi connectivity index (χ0n) is 10.3. The van der Waals surface area contributed by atoms with Gasteiger partial charge in [0.25, 0.3) is 5.91 Å². The van der Waals surface area contributed by atoms with Crippen LogP contribution in [-0.4, -0.2) is 30.7 Å². The number of nitro groups is 1. The van der Waals surface area contributed by atoms with E-state index in [1.807, 2.05) is 5.43 Å². The van der Waals surface area contributed by atoms with E-state index in [2.05, 4.69) is 15.9 Å². The number of carbonyl (C=O) groups excluding carboxylic acids is 1. The molecule has 0 heterocycles. The van der Waals surface area contributed by atoms with E-state index in [1.165, 1.54) is 7.11 Å². The van der Waals surface area contributed by atoms with E-state index in [-0.39, 0.29) is 16.8 Å². The predicted octanol–water partition coefficient (Wildman–Crippen LogP) is 0.880. The van der Waals surface area contributed by atoms with Crippen molar-refractivity contribution in [3.8, 4) is 5.75 Å². The van der Waals surface area contributed by atoms with Crippen LogP contribution in [0, 0.1) is 15.9 Å². The van der Waals surface area contributed by atoms with Gasteiger partial charge in [-0.05, 0) is 22.0 Å². The van der Waals surface area contributed by atoms with Crippen LogP contribution in [0.2, 0.25) is 0 Å². The predicted molar refractivity (Wildman–Crippen MR) is 69.4 cm³/mol. The molecule has 0 saturated heterocycles. The molecule has 0 aliphatic carbocycles. The molecule has 8 nitrogen and oxygen atoms in total. The molecular formula is C10H11BrFN3O5. The Hall–Kier alpha value is -1.78. The molecule has 0 aliphatic heterocycles. The van der Waals surface area contributed by atoms with Crippen LogP contribution in [0.25, 0.3) is 0 Å². The van der Waals surface area contributed by atoms with Crippen molar-refractivity contribution in [2.24, 2.45) is 5.84 Å². The number of nitro benzene ring substituents is 1. The van der Waals surface area contributed by atoms with E-state index in [4.69, 9.17) is 15.3 Å². The molecule has 0 aliphatic rings. The summed E-state index contributed by atoms with van der Waals surface area (Å²) >= 11 is 2.94. The second kappa shape index (κ2) is 7.12. The normalized spacial score (nSPS) is 11.8. The fourth-order valence-electron chi connectivity index (χ4n) is 1.35. The molecule has 1 amide bonds. The third kappa shape index (κ3) is 3.85. The number of methoxy groups -OCH3 is 1. The minimum atomic E-state index is -1.22. The average Bonchev–Trinajstić information content (AvgIpc) is 2.39. The summed E-state index contributed by atoms with van der Waals surface area (Å²) in [7, 11) is 1.31. The highest BCUT2D eigenvalue weighted by Gasteiger charge is 2.27. The second-order valence-electron chi connectivity index (χ2n) is 3.56. The summed E-state index contributed by atoms with van der Waals surface area (Å²) in [6, 6.07) is 1.66. The van der Waals surface area contributed by atoms with Crippen molar-refractivity contribution in [3.05, 3.63) is 32.5 Å². The van der Waals surface area contributed by atoms with Crippen LogP contribution >= 0.6 is 15.9 Å². The summed E-state index contributed by atoms with van der Waals surface area (Å²) in [5.41, 5.74) is 1.22. The van der Waals surface area contributed by atoms with Crippen molar-refractivity contribution >= 4 is 27.5 Å². The van der Waals surface area contributed by atoms with Gasteiger partial charge in [0.05, 0.1) is 22.1 Å². The number of nitrogens with one attached hydrogen (secondary N) is 1. The second-order valence-corrected chi connectivity index (χ2v) is 4.42. The van der Waals surface area contributed by atoms with E-state index >= 15 is 0 Å². The minimum absolute atomic E-state index is 0.00451. The van der Waals surface area contributed by atoms with E-state index in [0.717, 1.165) is 6.07 Å². The summed E-state index contributed by atoms with van der Waals surface area (Å²) in [5.74, 6) is 3.13. The Labute approximate surface area is 121 Å². The Morgan fingerprint density at radius 1 is 1.65 bits per heavy atom. The van der Waals surface area contributed by atoms with E-state index < -0.39 is 28.4 Å². The molecule has 0 saturated carbocycles. The number of nitrogens with zero attached hydrogens (tertiary/aromatic N) is 1. The molecule has 0 fully saturated rings. The number of halogens is 2. The smallest absolute Gasteiger partial charge is 0.315 e. The van der Waals surface area contributed by atoms with Crippen LogP contribution in [0.15, 0.2) is 16.6 Å². The molecule has 1 aromatic rings. The van der Waals surface area contributed by atoms with Gasteiger partial charge < -0.3 is 9.47 Å². The third-order valence-corrected chi connectivity index (χ3v) is 2.79. The molecule has 1 rings (SSSR count). The highest BCUT2D eigenvalue weighted by Crippen LogP contribution is 2.36. The van der Waals surface area contributed by atoms with Crippen LogP contribution in [-0.2, 0) is 9.53 Å². The summed E-state index contributed by atoms with van der Waals surface area (Å²) in [6.07, 6.45) is -1.22. The van der Waals surface area contributed by atoms with Gasteiger partial charge in [0.15, 0.2) is 0 Å². The molecule has 10 heteroatoms. The Kier molecular flexibility index (Phi) is 5.80. The maximum Gasteiger partial charge on any atom is 0.315 e. The lowest BCUT2D eigenvalue weighted by Crippen LogP contribution is -2.44. The van der Waals surface area contributed by atoms with Gasteiger partial charge in [-0.25, -0.2) is 10.2 Å². The summed E-state index contributed by atoms with van der Waals surface area (Å²) in [5, 5.41) is 10.9. The number of ether oxygens (including phenoxy) is 2. The first-order chi connectivity index (χ1) is 9.40. The van der Waals surface area contributed by atoms with Crippen molar-refractivity contribution in [2.75, 3.05) is 13.7 Å². The highest BCUT2D eigenvalue weighted by atomic mass is 79.9. The number of rotatable bonds is 6. The molecule has 0 bridgehead atoms. The first-order valence-corrected chi connectivity index (χ1v) is 5.99. The zero-order chi connectivity index (χ0) is 15.3. The minimum Gasteiger partial charge on any atom is -0.470 e. The standard InChI is InChI=1S/C10H11BrFN3O5/c1-19-4-8(10(16)14-13)20-9-6(11)2-5(12)3-7(9)15(17)18/h2-3,8H,4,13H2,1H3,(H,14,16). The van der Waals surface area contributed by atoms with Gasteiger partial charge in [-0.1, -0.05) is 0 Å². The van der Waals surface area contributed by atoms with E-state index in [0.29, 0.717) is 6.07 Å². The van der Waals surface area contributed by atoms with Gasteiger partial charge in [0, 0.05) is 7.11 Å². The summed E-state index contributed by atoms with van der Waals surface area (Å²) in [4.78, 5) is 21.5. The average molecular weight is 352 g/mol. The molecule has 0 radical (unpaired) electrons. The van der Waals surface area contributed by atoms with Gasteiger partial charge in [0.1, 0.15) is 5.82 Å². The Balaban J connectivity index is 3.17. The van der Waals surface area contributed by atoms with Crippen molar-refractivity contribution in [3.63, 3.8) is 0 Å². The molecule has 1 atom stereocenters. The van der Waals surface area contributed by atoms with Crippen molar-refractivity contribution < 1.29 is 23.6 Å². The number of hydrogen-bond donors (Lipinski definition) is 2. The van der Waals surface area contributed by atoms with Crippen LogP contribution < -0.4 is 16.0 Å². The van der Waals surface area contributed by atoms with Gasteiger partial charge in [-0.2, -0.15) is 0 Å². The Morgan fingerprint density at radius 3 is 2.80 bits per heavy atom. The van der Waals surface area contributed by atoms with Crippen molar-refractivity contribution in [2.45, 2.75) is 6.10 Å². The van der Waals surface area contributed by atoms with E-state index in [1.54, 1.807) is 0 Å². The maximum atomic E-state index is 13.2. The lowest BCUT2D eigenvalue weighted by molar-refractivity contribution is -0.386. The van der Waals surface area contributed by atoms with Crippen molar-refractivity contribution in [1.82, 2.24) is 5.43 Å². The number of hydrogen-bond acceptors (Lipinski definition) is 6. The van der Waals surface area contributed by atoms with Crippen LogP contribution in [0.4, 0.5) is 10.1 Å². The molecule has 1 aromatic carbocycles. The fourth-order valence-corrected chi connectivity index (χ4v) is 1.86. The van der Waals surface area contributed by atoms with Gasteiger partial charge in [-0.3, -0.25) is 20.3 Å². The number of nitrogens with two attached hydrogens (primary N) is 1. The first kappa shape index (κ1) is 16.3. The quantitative estimate of drug-likeness (QED) is 0.340. The van der Waals surface area contributed by atoms with Gasteiger partial charge in [0.2, 0.25) is 11.9 Å². The monoisotopic (exact) mass is 351 g/mol. The molecule has 110 valence electrons. The summed E-state index contributed by atoms with van der Waals surface area (Å²) < 4.78 is 23.1. The lowest BCUT2D eigenvalue weighted by Gasteiger charge is -2.17. The molecule has 20 heavy (non-hydrogen) atoms. The topological polar surface area (TPSA) is 117 Å². The van der Waals surface area contributed by atoms with Crippen LogP contribution in [0.3, 0.4) is 0 Å². The fraction of sp³-hybridized carbons (Fsp3) is 0.300. The molecule has 0 aromatic heterocycles. The molecule has 3 N–H and O–H groups in total. The van der Waals surface area contributed by atoms with Gasteiger partial charge >= 0.3 is 5.69 Å². The Bertz CT molecular complexity index is 528. The first-order valence-electron chi connectivity index (χ1n) is 5.20. The van der Waals surface area contributed by atoms with Crippen LogP contribution in [0.1, 0.15) is 0 Å². The van der Waals surface area contributed by atoms with Gasteiger partial charge in [-0.15, -0.1) is 0 Å². The highest BCUT2D eigenvalue weighted by molar-refractivity contribution is 9.10. The molecular weight excluding hydrogens is 341 g/mol. The Morgan fingerprint density at radius 2 is 2.30 bits per heavy atom. The van der Waals surface area contributed by atoms with Crippen molar-refractivity contribution in [1.29, 1.82) is 0 Å². The SMILES string of the molecule is COCC(Oc1c(Br)cc(F)cc1[N+](=O)[O-])C(=O)NN. The number of carbonyl (C=O) groups is 1. The largest absolute Gasteiger partial charge is 0.470 e. The lowest BCUT2D eigenvalue weighted by atomic mass is 10.2. The molecule has 1 unspecified atom stereocenters. The maximum absolute atomic E-state index is 13.2. The number of benzene rings is 1. The molecule has 0 spiro atoms. The number of hydrazine groups is 1. The zero-order valence-corrected chi connectivity index (χ0v) is 11.8. The van der Waals surface area contributed by atoms with Crippen LogP contribution in [0.5, 0.6) is 5.75 Å². The summed E-state index contributed by atoms with van der Waals surface area (Å²) in [6.45, 7) is -0.190. The number of amides is 1. The van der Waals surface area contributed by atoms with E-state index in [9.17, 15) is 19.3 Å².